The Labute approximate surface area is 143 Å². The minimum Gasteiger partial charge on any atom is -0.384 e. The predicted octanol–water partition coefficient (Wildman–Crippen LogP) is 1.62. The number of nitriles is 1. The van der Waals surface area contributed by atoms with E-state index in [4.69, 9.17) is 28.9 Å². The first-order valence-electron chi connectivity index (χ1n) is 6.27. The molecule has 0 spiro atoms. The smallest absolute Gasteiger partial charge is 0.262 e. The molecule has 7 nitrogen and oxygen atoms in total. The van der Waals surface area contributed by atoms with Gasteiger partial charge in [-0.15, -0.1) is 0 Å². The van der Waals surface area contributed by atoms with Crippen LogP contribution in [0.3, 0.4) is 0 Å². The summed E-state index contributed by atoms with van der Waals surface area (Å²) in [6.45, 7) is 0. The number of fused-ring (bicyclic) bond motifs is 1. The molecule has 10 heteroatoms. The fourth-order valence-electron chi connectivity index (χ4n) is 2.42. The number of nitrogens with zero attached hydrogens (tertiary/aromatic N) is 2. The number of nitrogen functional groups attached to an aromatic ring is 1. The molecule has 120 valence electrons. The summed E-state index contributed by atoms with van der Waals surface area (Å²) in [7, 11) is 0. The molecule has 2 amide bonds. The van der Waals surface area contributed by atoms with Gasteiger partial charge in [-0.1, -0.05) is 23.2 Å². The van der Waals surface area contributed by atoms with Crippen molar-refractivity contribution >= 4 is 40.8 Å². The van der Waals surface area contributed by atoms with Crippen LogP contribution in [0.4, 0.5) is 10.2 Å². The van der Waals surface area contributed by atoms with Gasteiger partial charge in [-0.05, 0) is 6.07 Å². The van der Waals surface area contributed by atoms with Crippen LogP contribution in [0.2, 0.25) is 10.0 Å². The molecule has 1 aliphatic rings. The van der Waals surface area contributed by atoms with Crippen molar-refractivity contribution in [2.45, 2.75) is 0 Å². The second-order valence-corrected chi connectivity index (χ2v) is 5.58. The molecule has 0 atom stereocenters. The summed E-state index contributed by atoms with van der Waals surface area (Å²) in [5.41, 5.74) is 3.52. The number of nitrogens with two attached hydrogens (primary N) is 1. The Morgan fingerprint density at radius 1 is 1.17 bits per heavy atom. The number of amides is 2. The lowest BCUT2D eigenvalue weighted by Gasteiger charge is -2.15. The van der Waals surface area contributed by atoms with E-state index in [1.807, 2.05) is 5.32 Å². The van der Waals surface area contributed by atoms with Crippen LogP contribution < -0.4 is 16.6 Å². The summed E-state index contributed by atoms with van der Waals surface area (Å²) in [6.07, 6.45) is 0. The van der Waals surface area contributed by atoms with Crippen LogP contribution in [-0.4, -0.2) is 16.4 Å². The standard InChI is InChI=1S/C14H5Cl2FN4O3/c15-6-2-7(16)11(5(3-18)10(6)17)21-8(22)1-4-9(12(21)19)14(24)20-13(4)23/h1-2H,19H2,(H,20,23,24). The molecule has 2 aromatic rings. The van der Waals surface area contributed by atoms with E-state index < -0.39 is 39.6 Å². The monoisotopic (exact) mass is 366 g/mol. The number of benzene rings is 1. The summed E-state index contributed by atoms with van der Waals surface area (Å²) >= 11 is 11.6. The van der Waals surface area contributed by atoms with Crippen molar-refractivity contribution in [2.24, 2.45) is 0 Å². The zero-order chi connectivity index (χ0) is 17.8. The van der Waals surface area contributed by atoms with Crippen LogP contribution in [0.15, 0.2) is 16.9 Å². The third-order valence-corrected chi connectivity index (χ3v) is 4.00. The largest absolute Gasteiger partial charge is 0.384 e. The Kier molecular flexibility index (Phi) is 3.55. The fraction of sp³-hybridized carbons (Fsp3) is 0. The van der Waals surface area contributed by atoms with Gasteiger partial charge in [-0.25, -0.2) is 4.39 Å². The number of hydrogen-bond acceptors (Lipinski definition) is 5. The maximum absolute atomic E-state index is 14.1. The summed E-state index contributed by atoms with van der Waals surface area (Å²) in [5, 5.41) is 10.5. The van der Waals surface area contributed by atoms with Gasteiger partial charge in [0.25, 0.3) is 17.4 Å². The number of anilines is 1. The van der Waals surface area contributed by atoms with E-state index in [0.29, 0.717) is 4.57 Å². The van der Waals surface area contributed by atoms with Crippen LogP contribution in [0, 0.1) is 17.1 Å². The molecule has 3 rings (SSSR count). The molecule has 0 saturated carbocycles. The van der Waals surface area contributed by atoms with E-state index in [9.17, 15) is 24.0 Å². The second kappa shape index (κ2) is 5.33. The molecule has 0 fully saturated rings. The molecule has 0 saturated heterocycles. The highest BCUT2D eigenvalue weighted by molar-refractivity contribution is 6.36. The van der Waals surface area contributed by atoms with Crippen LogP contribution in [0.1, 0.15) is 26.3 Å². The SMILES string of the molecule is N#Cc1c(F)c(Cl)cc(Cl)c1-n1c(N)c2c(cc1=O)C(=O)NC2=O. The molecule has 0 bridgehead atoms. The fourth-order valence-corrected chi connectivity index (χ4v) is 2.96. The zero-order valence-corrected chi connectivity index (χ0v) is 13.0. The van der Waals surface area contributed by atoms with Crippen LogP contribution in [-0.2, 0) is 0 Å². The quantitative estimate of drug-likeness (QED) is 0.587. The van der Waals surface area contributed by atoms with Gasteiger partial charge >= 0.3 is 0 Å². The van der Waals surface area contributed by atoms with E-state index in [1.54, 1.807) is 6.07 Å². The molecule has 2 heterocycles. The predicted molar refractivity (Wildman–Crippen MR) is 82.9 cm³/mol. The molecule has 1 aromatic heterocycles. The topological polar surface area (TPSA) is 118 Å². The second-order valence-electron chi connectivity index (χ2n) is 4.76. The van der Waals surface area contributed by atoms with Crippen LogP contribution in [0.25, 0.3) is 5.69 Å². The number of pyridine rings is 1. The van der Waals surface area contributed by atoms with E-state index in [1.165, 1.54) is 0 Å². The number of hydrogen-bond donors (Lipinski definition) is 2. The third kappa shape index (κ3) is 2.06. The van der Waals surface area contributed by atoms with Crippen molar-refractivity contribution in [3.05, 3.63) is 55.0 Å². The minimum absolute atomic E-state index is 0.206. The van der Waals surface area contributed by atoms with Gasteiger partial charge in [0.1, 0.15) is 17.5 Å². The molecular formula is C14H5Cl2FN4O3. The van der Waals surface area contributed by atoms with E-state index in [-0.39, 0.29) is 21.8 Å². The molecule has 0 aliphatic carbocycles. The van der Waals surface area contributed by atoms with Gasteiger partial charge in [0.2, 0.25) is 0 Å². The zero-order valence-electron chi connectivity index (χ0n) is 11.5. The van der Waals surface area contributed by atoms with E-state index in [0.717, 1.165) is 12.1 Å². The molecule has 0 unspecified atom stereocenters. The van der Waals surface area contributed by atoms with Crippen molar-refractivity contribution in [2.75, 3.05) is 5.73 Å². The lowest BCUT2D eigenvalue weighted by molar-refractivity contribution is 0.0880. The van der Waals surface area contributed by atoms with Crippen molar-refractivity contribution in [3.8, 4) is 11.8 Å². The van der Waals surface area contributed by atoms with Gasteiger partial charge in [0, 0.05) is 6.07 Å². The van der Waals surface area contributed by atoms with Crippen molar-refractivity contribution in [1.82, 2.24) is 9.88 Å². The number of carbonyl (C=O) groups excluding carboxylic acids is 2. The number of aromatic nitrogens is 1. The highest BCUT2D eigenvalue weighted by atomic mass is 35.5. The first kappa shape index (κ1) is 16.0. The van der Waals surface area contributed by atoms with Crippen LogP contribution in [0.5, 0.6) is 0 Å². The lowest BCUT2D eigenvalue weighted by Crippen LogP contribution is -2.25. The molecule has 3 N–H and O–H groups in total. The maximum Gasteiger partial charge on any atom is 0.262 e. The summed E-state index contributed by atoms with van der Waals surface area (Å²) < 4.78 is 14.8. The van der Waals surface area contributed by atoms with Crippen LogP contribution >= 0.6 is 23.2 Å². The number of carbonyl (C=O) groups is 2. The highest BCUT2D eigenvalue weighted by Gasteiger charge is 2.33. The Hall–Kier alpha value is -2.89. The van der Waals surface area contributed by atoms with E-state index in [2.05, 4.69) is 0 Å². The summed E-state index contributed by atoms with van der Waals surface area (Å²) in [6, 6.07) is 3.42. The number of nitrogens with one attached hydrogen (secondary N) is 1. The average Bonchev–Trinajstić information content (AvgIpc) is 2.79. The first-order valence-corrected chi connectivity index (χ1v) is 7.02. The average molecular weight is 367 g/mol. The Balaban J connectivity index is 2.47. The molecular weight excluding hydrogens is 362 g/mol. The van der Waals surface area contributed by atoms with Gasteiger partial charge in [0.05, 0.1) is 26.9 Å². The molecule has 1 aromatic carbocycles. The molecule has 1 aliphatic heterocycles. The number of halogens is 3. The van der Waals surface area contributed by atoms with Crippen molar-refractivity contribution in [1.29, 1.82) is 5.26 Å². The lowest BCUT2D eigenvalue weighted by atomic mass is 10.1. The summed E-state index contributed by atoms with van der Waals surface area (Å²) in [4.78, 5) is 35.8. The molecule has 24 heavy (non-hydrogen) atoms. The van der Waals surface area contributed by atoms with Crippen molar-refractivity contribution in [3.63, 3.8) is 0 Å². The number of imide groups is 1. The first-order chi connectivity index (χ1) is 11.3. The normalized spacial score (nSPS) is 12.8. The Morgan fingerprint density at radius 3 is 2.46 bits per heavy atom. The van der Waals surface area contributed by atoms with E-state index >= 15 is 0 Å². The Bertz CT molecular complexity index is 1060. The summed E-state index contributed by atoms with van der Waals surface area (Å²) in [5.74, 6) is -3.13. The van der Waals surface area contributed by atoms with Gasteiger partial charge in [-0.2, -0.15) is 5.26 Å². The van der Waals surface area contributed by atoms with Gasteiger partial charge in [-0.3, -0.25) is 24.3 Å². The van der Waals surface area contributed by atoms with Crippen molar-refractivity contribution < 1.29 is 14.0 Å². The Morgan fingerprint density at radius 2 is 1.83 bits per heavy atom. The molecule has 0 radical (unpaired) electrons. The maximum atomic E-state index is 14.1. The van der Waals surface area contributed by atoms with Gasteiger partial charge < -0.3 is 5.73 Å². The number of rotatable bonds is 1. The van der Waals surface area contributed by atoms with Gasteiger partial charge in [0.15, 0.2) is 5.82 Å². The highest BCUT2D eigenvalue weighted by Crippen LogP contribution is 2.33. The minimum atomic E-state index is -1.09. The third-order valence-electron chi connectivity index (χ3n) is 3.43.